The Morgan fingerprint density at radius 1 is 0.957 bits per heavy atom. The fraction of sp³-hybridized carbons (Fsp3) is 0.265. The minimum Gasteiger partial charge on any atom is -0.421 e. The molecule has 0 saturated carbocycles. The number of rotatable bonds is 12. The number of halogens is 3. The van der Waals surface area contributed by atoms with Crippen molar-refractivity contribution < 1.29 is 31.9 Å². The van der Waals surface area contributed by atoms with Crippen LogP contribution in [0.4, 0.5) is 13.2 Å². The van der Waals surface area contributed by atoms with Gasteiger partial charge in [-0.25, -0.2) is 13.2 Å². The fourth-order valence-corrected chi connectivity index (χ4v) is 6.19. The molecule has 2 aromatic carbocycles. The second kappa shape index (κ2) is 14.3. The summed E-state index contributed by atoms with van der Waals surface area (Å²) in [6, 6.07) is 12.6. The second-order valence-corrected chi connectivity index (χ2v) is 12.4. The van der Waals surface area contributed by atoms with Crippen molar-refractivity contribution >= 4 is 23.2 Å². The molecule has 9 nitrogen and oxygen atoms in total. The zero-order valence-corrected chi connectivity index (χ0v) is 26.9. The number of thiophene rings is 1. The van der Waals surface area contributed by atoms with Gasteiger partial charge in [-0.1, -0.05) is 32.0 Å². The number of carbonyl (C=O) groups excluding carboxylic acids is 2. The van der Waals surface area contributed by atoms with Gasteiger partial charge >= 0.3 is 0 Å². The quantitative estimate of drug-likeness (QED) is 0.151. The zero-order valence-electron chi connectivity index (χ0n) is 26.1. The predicted molar refractivity (Wildman–Crippen MR) is 170 cm³/mol. The van der Waals surface area contributed by atoms with Crippen molar-refractivity contribution in [2.75, 3.05) is 7.11 Å². The third kappa shape index (κ3) is 7.58. The van der Waals surface area contributed by atoms with E-state index in [-0.39, 0.29) is 41.1 Å². The van der Waals surface area contributed by atoms with Crippen LogP contribution in [0.2, 0.25) is 0 Å². The van der Waals surface area contributed by atoms with Gasteiger partial charge in [0.1, 0.15) is 5.82 Å². The van der Waals surface area contributed by atoms with Crippen molar-refractivity contribution in [1.82, 2.24) is 20.5 Å². The average molecular weight is 664 g/mol. The highest BCUT2D eigenvalue weighted by molar-refractivity contribution is 7.17. The predicted octanol–water partition coefficient (Wildman–Crippen LogP) is 6.74. The van der Waals surface area contributed by atoms with Crippen molar-refractivity contribution in [3.8, 4) is 21.9 Å². The van der Waals surface area contributed by atoms with Crippen LogP contribution >= 0.6 is 11.3 Å². The summed E-state index contributed by atoms with van der Waals surface area (Å²) in [5, 5.41) is 11.0. The number of methoxy groups -OCH3 is 1. The molecule has 244 valence electrons. The van der Waals surface area contributed by atoms with Gasteiger partial charge < -0.3 is 20.2 Å². The summed E-state index contributed by atoms with van der Waals surface area (Å²) in [5.74, 6) is -3.13. The number of aromatic nitrogens is 3. The Morgan fingerprint density at radius 2 is 1.70 bits per heavy atom. The molecule has 0 spiro atoms. The highest BCUT2D eigenvalue weighted by Crippen LogP contribution is 2.42. The lowest BCUT2D eigenvalue weighted by atomic mass is 9.90. The van der Waals surface area contributed by atoms with Gasteiger partial charge in [0.2, 0.25) is 11.8 Å². The second-order valence-electron chi connectivity index (χ2n) is 11.3. The molecule has 0 aliphatic carbocycles. The normalized spacial score (nSPS) is 12.0. The van der Waals surface area contributed by atoms with Gasteiger partial charge in [0.15, 0.2) is 11.6 Å². The molecule has 2 amide bonds. The molecule has 3 heterocycles. The number of hydrogen-bond donors (Lipinski definition) is 2. The van der Waals surface area contributed by atoms with Gasteiger partial charge in [0.05, 0.1) is 33.5 Å². The van der Waals surface area contributed by atoms with Gasteiger partial charge in [0.25, 0.3) is 11.8 Å². The van der Waals surface area contributed by atoms with Crippen molar-refractivity contribution in [3.63, 3.8) is 0 Å². The zero-order chi connectivity index (χ0) is 33.8. The van der Waals surface area contributed by atoms with Crippen LogP contribution in [0.25, 0.3) is 21.9 Å². The number of nitrogens with two attached hydrogens (primary N) is 1. The molecule has 5 aromatic rings. The topological polar surface area (TPSA) is 133 Å². The molecular formula is C34H32F3N5O4S. The van der Waals surface area contributed by atoms with E-state index < -0.39 is 35.4 Å². The standard InChI is InChI=1S/C34H32F3N5O4S/c1-17(2)13-24-29(32(38)43)31(27-11-12-28(47-27)33(44)39-16-19-5-10-22(36)23(37)14-19)30(34-42-41-18(3)46-34)25(40-24)15-26(45-4)20-6-8-21(35)9-7-20/h5-12,14,17,26H,13,15-16H2,1-4H3,(H2,38,43)(H,39,44)/t26-/m0/s1. The van der Waals surface area contributed by atoms with E-state index in [1.165, 1.54) is 25.3 Å². The van der Waals surface area contributed by atoms with Gasteiger partial charge in [-0.15, -0.1) is 21.5 Å². The Kier molecular flexibility index (Phi) is 10.2. The van der Waals surface area contributed by atoms with Crippen LogP contribution in [0.1, 0.15) is 68.4 Å². The third-order valence-corrected chi connectivity index (χ3v) is 8.45. The number of amides is 2. The first-order valence-electron chi connectivity index (χ1n) is 14.7. The summed E-state index contributed by atoms with van der Waals surface area (Å²) in [6.07, 6.45) is 0.0250. The molecule has 1 atom stereocenters. The van der Waals surface area contributed by atoms with Crippen LogP contribution in [0.3, 0.4) is 0 Å². The lowest BCUT2D eigenvalue weighted by Crippen LogP contribution is -2.22. The van der Waals surface area contributed by atoms with Crippen LogP contribution in [0.15, 0.2) is 59.0 Å². The molecule has 47 heavy (non-hydrogen) atoms. The molecule has 0 aliphatic rings. The van der Waals surface area contributed by atoms with Crippen LogP contribution in [-0.4, -0.2) is 34.1 Å². The Morgan fingerprint density at radius 3 is 2.32 bits per heavy atom. The lowest BCUT2D eigenvalue weighted by molar-refractivity contribution is 0.0953. The molecule has 3 aromatic heterocycles. The monoisotopic (exact) mass is 663 g/mol. The highest BCUT2D eigenvalue weighted by Gasteiger charge is 2.30. The van der Waals surface area contributed by atoms with E-state index in [9.17, 15) is 22.8 Å². The van der Waals surface area contributed by atoms with Gasteiger partial charge in [-0.05, 0) is 59.9 Å². The molecule has 0 fully saturated rings. The Labute approximate surface area is 273 Å². The summed E-state index contributed by atoms with van der Waals surface area (Å²) < 4.78 is 52.5. The smallest absolute Gasteiger partial charge is 0.261 e. The number of nitrogens with zero attached hydrogens (tertiary/aromatic N) is 3. The van der Waals surface area contributed by atoms with Crippen LogP contribution in [0.5, 0.6) is 0 Å². The lowest BCUT2D eigenvalue weighted by Gasteiger charge is -2.22. The molecule has 5 rings (SSSR count). The number of pyridine rings is 1. The summed E-state index contributed by atoms with van der Waals surface area (Å²) >= 11 is 1.10. The third-order valence-electron chi connectivity index (χ3n) is 7.35. The molecule has 3 N–H and O–H groups in total. The van der Waals surface area contributed by atoms with Gasteiger partial charge in [-0.2, -0.15) is 0 Å². The largest absolute Gasteiger partial charge is 0.421 e. The number of primary amides is 1. The first-order chi connectivity index (χ1) is 22.4. The highest BCUT2D eigenvalue weighted by atomic mass is 32.1. The van der Waals surface area contributed by atoms with Crippen molar-refractivity contribution in [1.29, 1.82) is 0 Å². The Balaban J connectivity index is 1.64. The van der Waals surface area contributed by atoms with E-state index in [2.05, 4.69) is 15.5 Å². The molecule has 0 aliphatic heterocycles. The van der Waals surface area contributed by atoms with Crippen molar-refractivity contribution in [2.24, 2.45) is 11.7 Å². The number of carbonyl (C=O) groups is 2. The van der Waals surface area contributed by atoms with E-state index in [0.717, 1.165) is 23.5 Å². The van der Waals surface area contributed by atoms with Gasteiger partial charge in [-0.3, -0.25) is 14.6 Å². The Hall–Kier alpha value is -4.88. The number of ether oxygens (including phenoxy) is 1. The number of hydrogen-bond acceptors (Lipinski definition) is 8. The summed E-state index contributed by atoms with van der Waals surface area (Å²) in [7, 11) is 1.53. The van der Waals surface area contributed by atoms with E-state index >= 15 is 0 Å². The number of nitrogens with one attached hydrogen (secondary N) is 1. The maximum absolute atomic E-state index is 13.7. The maximum Gasteiger partial charge on any atom is 0.261 e. The molecule has 0 unspecified atom stereocenters. The van der Waals surface area contributed by atoms with E-state index in [1.54, 1.807) is 31.2 Å². The summed E-state index contributed by atoms with van der Waals surface area (Å²) in [4.78, 5) is 32.1. The van der Waals surface area contributed by atoms with E-state index in [4.69, 9.17) is 19.9 Å². The number of aryl methyl sites for hydroxylation is 1. The minimum atomic E-state index is -1.02. The van der Waals surface area contributed by atoms with Crippen LogP contribution in [-0.2, 0) is 24.1 Å². The van der Waals surface area contributed by atoms with Crippen LogP contribution < -0.4 is 11.1 Å². The molecule has 13 heteroatoms. The number of benzene rings is 2. The minimum absolute atomic E-state index is 0.0396. The van der Waals surface area contributed by atoms with Gasteiger partial charge in [0, 0.05) is 37.4 Å². The summed E-state index contributed by atoms with van der Waals surface area (Å²) in [6.45, 7) is 5.56. The van der Waals surface area contributed by atoms with Crippen molar-refractivity contribution in [2.45, 2.75) is 46.3 Å². The molecule has 0 saturated heterocycles. The molecule has 0 bridgehead atoms. The first kappa shape index (κ1) is 33.5. The summed E-state index contributed by atoms with van der Waals surface area (Å²) in [5.41, 5.74) is 8.91. The van der Waals surface area contributed by atoms with E-state index in [0.29, 0.717) is 44.9 Å². The average Bonchev–Trinajstić information content (AvgIpc) is 3.69. The Bertz CT molecular complexity index is 1920. The van der Waals surface area contributed by atoms with Crippen molar-refractivity contribution in [3.05, 3.63) is 111 Å². The molecular weight excluding hydrogens is 631 g/mol. The molecule has 0 radical (unpaired) electrons. The first-order valence-corrected chi connectivity index (χ1v) is 15.5. The fourth-order valence-electron chi connectivity index (χ4n) is 5.21. The van der Waals surface area contributed by atoms with Crippen LogP contribution in [0, 0.1) is 30.3 Å². The maximum atomic E-state index is 13.7. The van der Waals surface area contributed by atoms with E-state index in [1.807, 2.05) is 13.8 Å². The SMILES string of the molecule is CO[C@@H](Cc1nc(CC(C)C)c(C(N)=O)c(-c2ccc(C(=O)NCc3ccc(F)c(F)c3)s2)c1-c1nnc(C)o1)c1ccc(F)cc1.